The Balaban J connectivity index is 2.86. The van der Waals surface area contributed by atoms with Gasteiger partial charge in [0.2, 0.25) is 6.10 Å². The van der Waals surface area contributed by atoms with Crippen molar-refractivity contribution in [2.75, 3.05) is 5.75 Å². The Hall–Kier alpha value is -1.92. The molecule has 0 amide bonds. The highest BCUT2D eigenvalue weighted by Crippen LogP contribution is 2.25. The maximum Gasteiger partial charge on any atom is 0.426 e. The van der Waals surface area contributed by atoms with Crippen LogP contribution in [0.15, 0.2) is 35.3 Å². The fraction of sp³-hybridized carbons (Fsp3) is 0.231. The zero-order chi connectivity index (χ0) is 19.3. The summed E-state index contributed by atoms with van der Waals surface area (Å²) in [6.07, 6.45) is -7.18. The third-order valence-electron chi connectivity index (χ3n) is 2.48. The van der Waals surface area contributed by atoms with Crippen molar-refractivity contribution in [2.45, 2.75) is 12.3 Å². The van der Waals surface area contributed by atoms with Gasteiger partial charge < -0.3 is 9.47 Å². The van der Waals surface area contributed by atoms with Crippen molar-refractivity contribution in [2.24, 2.45) is 0 Å². The highest BCUT2D eigenvalue weighted by Gasteiger charge is 2.45. The summed E-state index contributed by atoms with van der Waals surface area (Å²) in [5.74, 6) is -4.02. The Morgan fingerprint density at radius 2 is 1.80 bits per heavy atom. The largest absolute Gasteiger partial charge is 0.448 e. The van der Waals surface area contributed by atoms with Crippen LogP contribution in [0.5, 0.6) is 5.75 Å². The molecule has 138 valence electrons. The van der Waals surface area contributed by atoms with Gasteiger partial charge in [0, 0.05) is 6.08 Å². The summed E-state index contributed by atoms with van der Waals surface area (Å²) < 4.78 is 76.7. The van der Waals surface area contributed by atoms with Crippen LogP contribution in [0.3, 0.4) is 0 Å². The predicted molar refractivity (Wildman–Crippen MR) is 81.8 cm³/mol. The normalized spacial score (nSPS) is 13.5. The highest BCUT2D eigenvalue weighted by molar-refractivity contribution is 9.11. The lowest BCUT2D eigenvalue weighted by molar-refractivity contribution is -0.197. The van der Waals surface area contributed by atoms with E-state index in [1.807, 2.05) is 0 Å². The van der Waals surface area contributed by atoms with E-state index in [2.05, 4.69) is 20.7 Å². The smallest absolute Gasteiger partial charge is 0.426 e. The van der Waals surface area contributed by atoms with E-state index < -0.39 is 40.1 Å². The minimum absolute atomic E-state index is 0.0115. The summed E-state index contributed by atoms with van der Waals surface area (Å²) in [7, 11) is -5.02. The zero-order valence-corrected chi connectivity index (χ0v) is 14.5. The number of carbonyl (C=O) groups excluding carboxylic acids is 2. The number of hydrogen-bond donors (Lipinski definition) is 1. The number of alkyl halides is 3. The van der Waals surface area contributed by atoms with E-state index in [0.717, 1.165) is 30.3 Å². The molecule has 0 fully saturated rings. The van der Waals surface area contributed by atoms with Crippen molar-refractivity contribution in [3.63, 3.8) is 0 Å². The van der Waals surface area contributed by atoms with Crippen LogP contribution in [0.1, 0.15) is 10.4 Å². The third kappa shape index (κ3) is 7.67. The summed E-state index contributed by atoms with van der Waals surface area (Å²) in [5.41, 5.74) is -0.347. The number of benzene rings is 1. The molecule has 1 aromatic rings. The topological polar surface area (TPSA) is 107 Å². The van der Waals surface area contributed by atoms with E-state index in [-0.39, 0.29) is 11.3 Å². The van der Waals surface area contributed by atoms with Gasteiger partial charge >= 0.3 is 18.1 Å². The van der Waals surface area contributed by atoms with Gasteiger partial charge in [0.15, 0.2) is 0 Å². The van der Waals surface area contributed by atoms with Crippen molar-refractivity contribution in [3.05, 3.63) is 40.9 Å². The Morgan fingerprint density at radius 3 is 2.24 bits per heavy atom. The van der Waals surface area contributed by atoms with Crippen LogP contribution in [0.4, 0.5) is 13.2 Å². The molecule has 0 saturated carbocycles. The van der Waals surface area contributed by atoms with Crippen molar-refractivity contribution in [1.82, 2.24) is 0 Å². The van der Waals surface area contributed by atoms with Crippen LogP contribution in [0, 0.1) is 0 Å². The van der Waals surface area contributed by atoms with Crippen LogP contribution in [0.2, 0.25) is 0 Å². The number of ether oxygens (including phenoxy) is 2. The summed E-state index contributed by atoms with van der Waals surface area (Å²) in [5, 5.41) is 0. The molecular weight excluding hydrogens is 437 g/mol. The molecule has 0 bridgehead atoms. The van der Waals surface area contributed by atoms with Gasteiger partial charge in [-0.3, -0.25) is 4.55 Å². The maximum absolute atomic E-state index is 12.7. The van der Waals surface area contributed by atoms with Gasteiger partial charge in [0.1, 0.15) is 11.5 Å². The second-order valence-electron chi connectivity index (χ2n) is 4.42. The molecular formula is C13H10BrF3O7S. The monoisotopic (exact) mass is 446 g/mol. The van der Waals surface area contributed by atoms with Crippen LogP contribution in [-0.2, 0) is 19.6 Å². The third-order valence-corrected chi connectivity index (χ3v) is 3.47. The number of rotatable bonds is 6. The lowest BCUT2D eigenvalue weighted by Gasteiger charge is -2.19. The van der Waals surface area contributed by atoms with Gasteiger partial charge in [-0.2, -0.15) is 21.6 Å². The van der Waals surface area contributed by atoms with Gasteiger partial charge in [-0.05, 0) is 29.3 Å². The number of esters is 2. The molecule has 25 heavy (non-hydrogen) atoms. The second kappa shape index (κ2) is 8.45. The summed E-state index contributed by atoms with van der Waals surface area (Å²) in [4.78, 5) is 24.1. The SMILES string of the molecule is O=C(/C=C/Br)Oc1ccc(C(=O)OC(CS(=O)(=O)O)C(F)(F)F)cc1. The van der Waals surface area contributed by atoms with Crippen LogP contribution in [-0.4, -0.2) is 42.9 Å². The molecule has 0 aliphatic carbocycles. The molecule has 0 heterocycles. The molecule has 1 aromatic carbocycles. The molecule has 12 heteroatoms. The average molecular weight is 447 g/mol. The quantitative estimate of drug-likeness (QED) is 0.309. The number of hydrogen-bond acceptors (Lipinski definition) is 6. The molecule has 0 aromatic heterocycles. The summed E-state index contributed by atoms with van der Waals surface area (Å²) in [6.45, 7) is 0. The summed E-state index contributed by atoms with van der Waals surface area (Å²) >= 11 is 2.86. The van der Waals surface area contributed by atoms with E-state index in [0.29, 0.717) is 0 Å². The van der Waals surface area contributed by atoms with Crippen molar-refractivity contribution in [3.8, 4) is 5.75 Å². The lowest BCUT2D eigenvalue weighted by atomic mass is 10.2. The highest BCUT2D eigenvalue weighted by atomic mass is 79.9. The average Bonchev–Trinajstić information content (AvgIpc) is 2.45. The van der Waals surface area contributed by atoms with Crippen LogP contribution >= 0.6 is 15.9 Å². The van der Waals surface area contributed by atoms with E-state index in [1.54, 1.807) is 0 Å². The molecule has 0 aliphatic rings. The molecule has 0 radical (unpaired) electrons. The molecule has 1 rings (SSSR count). The molecule has 0 aliphatic heterocycles. The van der Waals surface area contributed by atoms with Crippen LogP contribution in [0.25, 0.3) is 0 Å². The van der Waals surface area contributed by atoms with Gasteiger partial charge in [0.05, 0.1) is 5.56 Å². The molecule has 7 nitrogen and oxygen atoms in total. The maximum atomic E-state index is 12.7. The lowest BCUT2D eigenvalue weighted by Crippen LogP contribution is -2.39. The fourth-order valence-electron chi connectivity index (χ4n) is 1.44. The van der Waals surface area contributed by atoms with Crippen LogP contribution < -0.4 is 4.74 Å². The molecule has 1 atom stereocenters. The Morgan fingerprint density at radius 1 is 1.24 bits per heavy atom. The van der Waals surface area contributed by atoms with Gasteiger partial charge in [0.25, 0.3) is 10.1 Å². The molecule has 1 unspecified atom stereocenters. The first-order valence-corrected chi connectivity index (χ1v) is 8.76. The minimum atomic E-state index is -5.19. The van der Waals surface area contributed by atoms with Crippen molar-refractivity contribution < 1.29 is 45.2 Å². The fourth-order valence-corrected chi connectivity index (χ4v) is 2.30. The first-order valence-electron chi connectivity index (χ1n) is 6.24. The first-order chi connectivity index (χ1) is 11.4. The van der Waals surface area contributed by atoms with E-state index >= 15 is 0 Å². The second-order valence-corrected chi connectivity index (χ2v) is 6.45. The van der Waals surface area contributed by atoms with Crippen molar-refractivity contribution in [1.29, 1.82) is 0 Å². The standard InChI is InChI=1S/C13H10BrF3O7S/c14-6-5-11(18)23-9-3-1-8(2-4-9)12(19)24-10(13(15,16)17)7-25(20,21)22/h1-6,10H,7H2,(H,20,21,22)/b6-5+. The Labute approximate surface area is 148 Å². The minimum Gasteiger partial charge on any atom is -0.448 e. The Bertz CT molecular complexity index is 757. The Kier molecular flexibility index (Phi) is 7.14. The number of halogens is 4. The van der Waals surface area contributed by atoms with Gasteiger partial charge in [-0.25, -0.2) is 9.59 Å². The molecule has 0 spiro atoms. The zero-order valence-electron chi connectivity index (χ0n) is 12.1. The van der Waals surface area contributed by atoms with E-state index in [1.165, 1.54) is 4.99 Å². The molecule has 0 saturated heterocycles. The van der Waals surface area contributed by atoms with E-state index in [4.69, 9.17) is 9.29 Å². The van der Waals surface area contributed by atoms with E-state index in [9.17, 15) is 31.2 Å². The predicted octanol–water partition coefficient (Wildman–Crippen LogP) is 2.48. The molecule has 1 N–H and O–H groups in total. The van der Waals surface area contributed by atoms with Gasteiger partial charge in [-0.1, -0.05) is 15.9 Å². The summed E-state index contributed by atoms with van der Waals surface area (Å²) in [6, 6.07) is 4.29. The van der Waals surface area contributed by atoms with Gasteiger partial charge in [-0.15, -0.1) is 0 Å². The van der Waals surface area contributed by atoms with Crippen molar-refractivity contribution >= 4 is 38.0 Å². The number of carbonyl (C=O) groups is 2. The first kappa shape index (κ1) is 21.1.